The van der Waals surface area contributed by atoms with Crippen LogP contribution < -0.4 is 31.7 Å². The van der Waals surface area contributed by atoms with Crippen LogP contribution in [0.3, 0.4) is 0 Å². The number of imide groups is 1. The maximum Gasteiger partial charge on any atom is 0.335 e. The molecule has 0 saturated carbocycles. The van der Waals surface area contributed by atoms with Crippen molar-refractivity contribution in [2.24, 2.45) is 23.5 Å². The highest BCUT2D eigenvalue weighted by Gasteiger charge is 2.49. The molecule has 27 heteroatoms. The molecule has 486 valence electrons. The molecular formula is C62H86N9O17S+. The monoisotopic (exact) mass is 1260 g/mol. The van der Waals surface area contributed by atoms with Crippen LogP contribution in [0.25, 0.3) is 0 Å². The van der Waals surface area contributed by atoms with Crippen LogP contribution in [0.2, 0.25) is 0 Å². The topological polar surface area (TPSA) is 373 Å². The number of carboxylic acids is 1. The predicted molar refractivity (Wildman–Crippen MR) is 324 cm³/mol. The number of quaternary nitrogens is 1. The Hall–Kier alpha value is -7.53. The average molecular weight is 1260 g/mol. The highest BCUT2D eigenvalue weighted by Crippen LogP contribution is 2.35. The van der Waals surface area contributed by atoms with Crippen molar-refractivity contribution < 1.29 is 87.1 Å². The van der Waals surface area contributed by atoms with E-state index in [1.807, 2.05) is 72.0 Å². The van der Waals surface area contributed by atoms with Crippen molar-refractivity contribution in [2.45, 2.75) is 173 Å². The van der Waals surface area contributed by atoms with Crippen molar-refractivity contribution in [3.05, 3.63) is 87.9 Å². The Morgan fingerprint density at radius 3 is 2.21 bits per heavy atom. The summed E-state index contributed by atoms with van der Waals surface area (Å²) in [7, 11) is 3.54. The summed E-state index contributed by atoms with van der Waals surface area (Å²) in [6.07, 6.45) is -5.86. The van der Waals surface area contributed by atoms with Gasteiger partial charge >= 0.3 is 11.9 Å². The van der Waals surface area contributed by atoms with Gasteiger partial charge in [-0.1, -0.05) is 71.4 Å². The van der Waals surface area contributed by atoms with Crippen LogP contribution >= 0.6 is 11.3 Å². The van der Waals surface area contributed by atoms with Gasteiger partial charge in [-0.05, 0) is 68.2 Å². The molecule has 14 atom stereocenters. The SMILES string of the molecule is CC[C@H](C)[C@H](NC(=O)[C@H]1CCCC[N+]1(C)Cc1ccc(O[C@@H]2O[C@H](C(=O)O)[C@@H](O)[C@H](O)[C@H]2O)c(NC(=O)CCNC(=O)[C@H](CN)N2C(=O)C=CC2=O)c1)C(=O)N(C)[C@H](C[C@@H](OC(C)=O)c1nc(C(=O)N[C@@H](Cc2ccccc2)C[C@H](C)C(C)=O)cs1)C(C)C. The van der Waals surface area contributed by atoms with E-state index in [4.69, 9.17) is 19.9 Å². The largest absolute Gasteiger partial charge is 0.479 e. The number of aliphatic carboxylic acids is 1. The zero-order valence-corrected chi connectivity index (χ0v) is 52.6. The summed E-state index contributed by atoms with van der Waals surface area (Å²) in [5, 5.41) is 54.8. The van der Waals surface area contributed by atoms with E-state index >= 15 is 4.79 Å². The lowest BCUT2D eigenvalue weighted by Crippen LogP contribution is -2.63. The Morgan fingerprint density at radius 2 is 1.60 bits per heavy atom. The molecule has 0 spiro atoms. The molecule has 1 aromatic heterocycles. The minimum Gasteiger partial charge on any atom is -0.479 e. The van der Waals surface area contributed by atoms with Gasteiger partial charge in [0.15, 0.2) is 18.2 Å². The molecule has 1 unspecified atom stereocenters. The van der Waals surface area contributed by atoms with E-state index in [1.54, 1.807) is 23.4 Å². The number of carbonyl (C=O) groups excluding carboxylic acids is 9. The van der Waals surface area contributed by atoms with E-state index < -0.39 is 109 Å². The highest BCUT2D eigenvalue weighted by molar-refractivity contribution is 7.09. The summed E-state index contributed by atoms with van der Waals surface area (Å²) in [4.78, 5) is 139. The Balaban J connectivity index is 1.20. The molecule has 0 bridgehead atoms. The van der Waals surface area contributed by atoms with Gasteiger partial charge in [0.05, 0.1) is 19.3 Å². The van der Waals surface area contributed by atoms with Crippen LogP contribution in [0.1, 0.15) is 126 Å². The number of aromatic nitrogens is 1. The number of benzene rings is 2. The lowest BCUT2D eigenvalue weighted by molar-refractivity contribution is -0.942. The van der Waals surface area contributed by atoms with E-state index in [-0.39, 0.29) is 88.9 Å². The van der Waals surface area contributed by atoms with E-state index in [9.17, 15) is 63.6 Å². The number of thiazole rings is 1. The number of ketones is 1. The number of likely N-dealkylation sites (tertiary alicyclic amines) is 1. The maximum absolute atomic E-state index is 15.0. The van der Waals surface area contributed by atoms with Crippen LogP contribution in [0, 0.1) is 17.8 Å². The molecule has 3 aliphatic heterocycles. The molecule has 6 rings (SSSR count). The summed E-state index contributed by atoms with van der Waals surface area (Å²) >= 11 is 1.14. The molecule has 10 N–H and O–H groups in total. The van der Waals surface area contributed by atoms with Gasteiger partial charge in [-0.3, -0.25) is 48.1 Å². The number of carboxylic acid groups (broad SMARTS) is 1. The Bertz CT molecular complexity index is 3050. The first kappa shape index (κ1) is 70.6. The quantitative estimate of drug-likeness (QED) is 0.0263. The number of ether oxygens (including phenoxy) is 3. The summed E-state index contributed by atoms with van der Waals surface area (Å²) in [6.45, 7) is 12.2. The first-order valence-corrected chi connectivity index (χ1v) is 30.9. The molecule has 2 fully saturated rings. The van der Waals surface area contributed by atoms with Crippen molar-refractivity contribution >= 4 is 76.1 Å². The van der Waals surface area contributed by atoms with Gasteiger partial charge < -0.3 is 71.0 Å². The number of nitrogens with zero attached hydrogens (tertiary/aromatic N) is 4. The van der Waals surface area contributed by atoms with Crippen molar-refractivity contribution in [1.29, 1.82) is 0 Å². The summed E-state index contributed by atoms with van der Waals surface area (Å²) in [6, 6.07) is 10.1. The summed E-state index contributed by atoms with van der Waals surface area (Å²) < 4.78 is 17.3. The number of Topliss-reactive ketones (excluding diaryl/α,β-unsaturated/α-hetero) is 1. The van der Waals surface area contributed by atoms with Gasteiger partial charge in [-0.15, -0.1) is 11.3 Å². The zero-order chi connectivity index (χ0) is 65.6. The highest BCUT2D eigenvalue weighted by atomic mass is 32.1. The van der Waals surface area contributed by atoms with Gasteiger partial charge in [-0.2, -0.15) is 0 Å². The fraction of sp³-hybridized carbons (Fsp3) is 0.565. The van der Waals surface area contributed by atoms with E-state index in [2.05, 4.69) is 26.3 Å². The number of esters is 1. The molecule has 7 amide bonds. The number of hydrogen-bond donors (Lipinski definition) is 9. The maximum atomic E-state index is 15.0. The van der Waals surface area contributed by atoms with Crippen LogP contribution in [0.15, 0.2) is 66.1 Å². The summed E-state index contributed by atoms with van der Waals surface area (Å²) in [5.41, 5.74) is 7.35. The number of aliphatic hydroxyl groups is 3. The van der Waals surface area contributed by atoms with Gasteiger partial charge in [0.25, 0.3) is 23.6 Å². The minimum atomic E-state index is -2.02. The number of carbonyl (C=O) groups is 10. The van der Waals surface area contributed by atoms with Crippen LogP contribution in [-0.4, -0.2) is 193 Å². The third-order valence-corrected chi connectivity index (χ3v) is 17.8. The van der Waals surface area contributed by atoms with Gasteiger partial charge in [0.1, 0.15) is 59.2 Å². The zero-order valence-electron chi connectivity index (χ0n) is 51.8. The van der Waals surface area contributed by atoms with Gasteiger partial charge in [0, 0.05) is 87.4 Å². The number of aliphatic hydroxyl groups excluding tert-OH is 3. The second-order valence-electron chi connectivity index (χ2n) is 23.9. The van der Waals surface area contributed by atoms with Crippen molar-refractivity contribution in [3.8, 4) is 5.75 Å². The normalized spacial score (nSPS) is 23.2. The smallest absolute Gasteiger partial charge is 0.335 e. The van der Waals surface area contributed by atoms with Crippen LogP contribution in [0.4, 0.5) is 5.69 Å². The van der Waals surface area contributed by atoms with E-state index in [0.29, 0.717) is 54.1 Å². The molecule has 2 aromatic carbocycles. The van der Waals surface area contributed by atoms with E-state index in [1.165, 1.54) is 26.0 Å². The minimum absolute atomic E-state index is 0.00219. The molecule has 2 saturated heterocycles. The molecule has 26 nitrogen and oxygen atoms in total. The lowest BCUT2D eigenvalue weighted by Gasteiger charge is -2.44. The standard InChI is InChI=1S/C62H85N9O17S/c1-10-34(4)51(60(83)69(8)43(33(2)3)29-47(86-37(7)73)59-67-42(32-89-59)56(80)65-40(26-35(5)36(6)72)27-38-16-12-11-13-17-38)68-58(82)45-18-14-15-25-71(45,9)31-39-19-20-46(87-62-54(79)52(77)53(78)55(88-62)61(84)85)41(28-39)66-48(74)23-24-64-57(81)44(30-63)70-49(75)21-22-50(70)76/h11-13,16-17,19-22,28,32-35,40,43-45,47,51-55,62,77-79H,10,14-15,18,23-27,29-31,63H2,1-9H3,(H4-,64,65,66,68,74,80,81,82,84,85)/p+1/t34-,35-,40+,43+,44-,45+,47+,51-,52-,53-,54+,55-,62+,71?/m0/s1. The second-order valence-corrected chi connectivity index (χ2v) is 24.8. The Labute approximate surface area is 521 Å². The number of rotatable bonds is 30. The molecular weight excluding hydrogens is 1170 g/mol. The second kappa shape index (κ2) is 31.8. The van der Waals surface area contributed by atoms with E-state index in [0.717, 1.165) is 35.5 Å². The number of piperidine rings is 1. The van der Waals surface area contributed by atoms with Gasteiger partial charge in [-0.25, -0.2) is 9.78 Å². The third-order valence-electron chi connectivity index (χ3n) is 16.9. The Morgan fingerprint density at radius 1 is 0.910 bits per heavy atom. The molecule has 3 aromatic rings. The van der Waals surface area contributed by atoms with Crippen molar-refractivity contribution in [2.75, 3.05) is 39.0 Å². The lowest BCUT2D eigenvalue weighted by atomic mass is 9.92. The fourth-order valence-electron chi connectivity index (χ4n) is 11.4. The number of likely N-dealkylation sites (N-methyl/N-ethyl adjacent to an activating group) is 2. The average Bonchev–Trinajstić information content (AvgIpc) is 1.58. The first-order valence-electron chi connectivity index (χ1n) is 30.0. The first-order chi connectivity index (χ1) is 42.1. The number of amides is 7. The number of anilines is 1. The predicted octanol–water partition coefficient (Wildman–Crippen LogP) is 2.28. The van der Waals surface area contributed by atoms with Crippen LogP contribution in [0.5, 0.6) is 5.75 Å². The van der Waals surface area contributed by atoms with Crippen molar-refractivity contribution in [3.63, 3.8) is 0 Å². The molecule has 3 aliphatic rings. The van der Waals surface area contributed by atoms with Crippen molar-refractivity contribution in [1.82, 2.24) is 30.7 Å². The molecule has 0 aliphatic carbocycles. The summed E-state index contributed by atoms with van der Waals surface area (Å²) in [5.74, 6) is -7.47. The van der Waals surface area contributed by atoms with Crippen LogP contribution in [-0.2, 0) is 65.6 Å². The molecule has 0 radical (unpaired) electrons. The van der Waals surface area contributed by atoms with Gasteiger partial charge in [0.2, 0.25) is 24.0 Å². The number of nitrogens with two attached hydrogens (primary N) is 1. The Kier molecular flexibility index (Phi) is 25.2. The molecule has 4 heterocycles. The molecule has 89 heavy (non-hydrogen) atoms. The fourth-order valence-corrected chi connectivity index (χ4v) is 12.3. The number of nitrogens with one attached hydrogen (secondary N) is 4. The number of hydrogen-bond acceptors (Lipinski definition) is 19. The third kappa shape index (κ3) is 18.3.